The molecule has 5 nitrogen and oxygen atoms in total. The summed E-state index contributed by atoms with van der Waals surface area (Å²) in [5, 5.41) is 0. The van der Waals surface area contributed by atoms with Crippen molar-refractivity contribution in [2.24, 2.45) is 0 Å². The predicted octanol–water partition coefficient (Wildman–Crippen LogP) is 6.10. The van der Waals surface area contributed by atoms with E-state index >= 15 is 0 Å². The highest BCUT2D eigenvalue weighted by Gasteiger charge is 2.35. The summed E-state index contributed by atoms with van der Waals surface area (Å²) in [6, 6.07) is 9.06. The van der Waals surface area contributed by atoms with Crippen LogP contribution < -0.4 is 0 Å². The molecule has 1 heterocycles. The largest absolute Gasteiger partial charge is 0.465 e. The van der Waals surface area contributed by atoms with Gasteiger partial charge in [0.2, 0.25) is 10.0 Å². The zero-order valence-electron chi connectivity index (χ0n) is 20.6. The maximum atomic E-state index is 13.5. The van der Waals surface area contributed by atoms with Crippen molar-refractivity contribution in [2.75, 3.05) is 7.11 Å². The van der Waals surface area contributed by atoms with Gasteiger partial charge in [0, 0.05) is 13.1 Å². The van der Waals surface area contributed by atoms with E-state index in [4.69, 9.17) is 4.74 Å². The molecule has 184 valence electrons. The first kappa shape index (κ1) is 24.9. The summed E-state index contributed by atoms with van der Waals surface area (Å²) in [6.45, 7) is 2.64. The van der Waals surface area contributed by atoms with Gasteiger partial charge in [-0.25, -0.2) is 13.2 Å². The second kappa shape index (κ2) is 11.0. The van der Waals surface area contributed by atoms with Crippen LogP contribution in [-0.4, -0.2) is 25.8 Å². The molecule has 34 heavy (non-hydrogen) atoms. The molecule has 0 saturated carbocycles. The SMILES string of the molecule is COC(=O)c1cc2c3c(c1CCCCCCCCCCC2)CN(S(=O)(=O)c1ccc(C)cc1)C3. The molecule has 2 aromatic rings. The van der Waals surface area contributed by atoms with Crippen LogP contribution in [0.15, 0.2) is 35.2 Å². The predicted molar refractivity (Wildman–Crippen MR) is 134 cm³/mol. The van der Waals surface area contributed by atoms with Gasteiger partial charge in [0.1, 0.15) is 0 Å². The van der Waals surface area contributed by atoms with Gasteiger partial charge in [0.15, 0.2) is 0 Å². The number of ether oxygens (including phenoxy) is 1. The number of nitrogens with zero attached hydrogens (tertiary/aromatic N) is 1. The molecule has 0 spiro atoms. The quantitative estimate of drug-likeness (QED) is 0.495. The summed E-state index contributed by atoms with van der Waals surface area (Å²) in [4.78, 5) is 13.1. The van der Waals surface area contributed by atoms with E-state index in [0.29, 0.717) is 23.5 Å². The van der Waals surface area contributed by atoms with Crippen molar-refractivity contribution >= 4 is 16.0 Å². The smallest absolute Gasteiger partial charge is 0.338 e. The van der Waals surface area contributed by atoms with Gasteiger partial charge in [-0.1, -0.05) is 62.6 Å². The highest BCUT2D eigenvalue weighted by molar-refractivity contribution is 7.89. The maximum absolute atomic E-state index is 13.5. The van der Waals surface area contributed by atoms with Crippen molar-refractivity contribution < 1.29 is 17.9 Å². The molecule has 2 aliphatic rings. The number of rotatable bonds is 3. The van der Waals surface area contributed by atoms with E-state index in [2.05, 4.69) is 0 Å². The van der Waals surface area contributed by atoms with E-state index in [0.717, 1.165) is 66.3 Å². The Kier molecular flexibility index (Phi) is 8.10. The fourth-order valence-electron chi connectivity index (χ4n) is 5.37. The molecule has 0 atom stereocenters. The molecule has 0 unspecified atom stereocenters. The van der Waals surface area contributed by atoms with Crippen molar-refractivity contribution in [3.8, 4) is 0 Å². The second-order valence-electron chi connectivity index (χ2n) is 9.78. The van der Waals surface area contributed by atoms with Crippen LogP contribution in [0.4, 0.5) is 0 Å². The number of aryl methyl sites for hydroxylation is 2. The van der Waals surface area contributed by atoms with Crippen molar-refractivity contribution in [3.63, 3.8) is 0 Å². The average molecular weight is 484 g/mol. The number of sulfonamides is 1. The van der Waals surface area contributed by atoms with Gasteiger partial charge < -0.3 is 4.74 Å². The standard InChI is InChI=1S/C28H37NO4S/c1-21-14-16-23(17-15-21)34(31,32)29-19-26-22-12-10-8-6-4-3-5-7-9-11-13-24(27(26)20-29)25(18-22)28(30)33-2/h14-18H,3-13,19-20H2,1-2H3. The minimum atomic E-state index is -3.62. The Hall–Kier alpha value is -2.18. The molecule has 2 bridgehead atoms. The Bertz CT molecular complexity index is 1120. The Morgan fingerprint density at radius 1 is 0.794 bits per heavy atom. The highest BCUT2D eigenvalue weighted by atomic mass is 32.2. The fourth-order valence-corrected chi connectivity index (χ4v) is 6.74. The van der Waals surface area contributed by atoms with Crippen LogP contribution in [0.2, 0.25) is 0 Å². The summed E-state index contributed by atoms with van der Waals surface area (Å²) >= 11 is 0. The number of carbonyl (C=O) groups excluding carboxylic acids is 1. The third-order valence-corrected chi connectivity index (χ3v) is 9.17. The van der Waals surface area contributed by atoms with Crippen LogP contribution in [0.5, 0.6) is 0 Å². The van der Waals surface area contributed by atoms with Crippen LogP contribution in [0, 0.1) is 6.92 Å². The second-order valence-corrected chi connectivity index (χ2v) is 11.7. The molecule has 0 saturated heterocycles. The van der Waals surface area contributed by atoms with Gasteiger partial charge in [0.25, 0.3) is 0 Å². The van der Waals surface area contributed by atoms with Crippen molar-refractivity contribution in [2.45, 2.75) is 95.5 Å². The van der Waals surface area contributed by atoms with Crippen LogP contribution in [0.25, 0.3) is 0 Å². The number of methoxy groups -OCH3 is 1. The normalized spacial score (nSPS) is 18.2. The molecule has 2 aromatic carbocycles. The number of esters is 1. The van der Waals surface area contributed by atoms with Crippen LogP contribution >= 0.6 is 0 Å². The molecule has 0 N–H and O–H groups in total. The van der Waals surface area contributed by atoms with Gasteiger partial charge in [-0.2, -0.15) is 4.31 Å². The average Bonchev–Trinajstić information content (AvgIpc) is 3.28. The molecule has 1 aliphatic carbocycles. The number of hydrogen-bond acceptors (Lipinski definition) is 4. The van der Waals surface area contributed by atoms with E-state index in [1.165, 1.54) is 39.2 Å². The Morgan fingerprint density at radius 3 is 1.97 bits per heavy atom. The molecule has 0 amide bonds. The summed E-state index contributed by atoms with van der Waals surface area (Å²) < 4.78 is 33.8. The molecule has 0 aromatic heterocycles. The molecule has 0 fully saturated rings. The Morgan fingerprint density at radius 2 is 1.35 bits per heavy atom. The fraction of sp³-hybridized carbons (Fsp3) is 0.536. The highest BCUT2D eigenvalue weighted by Crippen LogP contribution is 2.37. The summed E-state index contributed by atoms with van der Waals surface area (Å²) in [7, 11) is -2.20. The Balaban J connectivity index is 1.74. The van der Waals surface area contributed by atoms with Crippen molar-refractivity contribution in [1.82, 2.24) is 4.31 Å². The summed E-state index contributed by atoms with van der Waals surface area (Å²) in [6.07, 6.45) is 12.3. The maximum Gasteiger partial charge on any atom is 0.338 e. The van der Waals surface area contributed by atoms with Gasteiger partial charge in [-0.15, -0.1) is 0 Å². The van der Waals surface area contributed by atoms with Crippen LogP contribution in [0.1, 0.15) is 96.0 Å². The minimum Gasteiger partial charge on any atom is -0.465 e. The lowest BCUT2D eigenvalue weighted by molar-refractivity contribution is 0.0599. The lowest BCUT2D eigenvalue weighted by Gasteiger charge is -2.17. The van der Waals surface area contributed by atoms with E-state index < -0.39 is 10.0 Å². The molecule has 6 heteroatoms. The molecule has 0 radical (unpaired) electrons. The Labute approximate surface area is 204 Å². The number of benzene rings is 2. The van der Waals surface area contributed by atoms with E-state index in [1.807, 2.05) is 25.1 Å². The number of hydrogen-bond donors (Lipinski definition) is 0. The molecule has 4 rings (SSSR count). The summed E-state index contributed by atoms with van der Waals surface area (Å²) in [5.74, 6) is -0.316. The van der Waals surface area contributed by atoms with Crippen LogP contribution in [-0.2, 0) is 40.7 Å². The van der Waals surface area contributed by atoms with E-state index in [-0.39, 0.29) is 5.97 Å². The molecular weight excluding hydrogens is 446 g/mol. The van der Waals surface area contributed by atoms with Crippen LogP contribution in [0.3, 0.4) is 0 Å². The summed E-state index contributed by atoms with van der Waals surface area (Å²) in [5.41, 5.74) is 5.89. The van der Waals surface area contributed by atoms with Gasteiger partial charge >= 0.3 is 5.97 Å². The minimum absolute atomic E-state index is 0.316. The van der Waals surface area contributed by atoms with Crippen molar-refractivity contribution in [3.05, 3.63) is 63.7 Å². The first-order chi connectivity index (χ1) is 16.4. The number of carbonyl (C=O) groups is 1. The topological polar surface area (TPSA) is 63.7 Å². The van der Waals surface area contributed by atoms with Gasteiger partial charge in [-0.3, -0.25) is 0 Å². The zero-order valence-corrected chi connectivity index (χ0v) is 21.4. The third-order valence-electron chi connectivity index (χ3n) is 7.37. The zero-order chi connectivity index (χ0) is 24.1. The monoisotopic (exact) mass is 483 g/mol. The molecular formula is C28H37NO4S. The first-order valence-electron chi connectivity index (χ1n) is 12.7. The van der Waals surface area contributed by atoms with Gasteiger partial charge in [0.05, 0.1) is 17.6 Å². The van der Waals surface area contributed by atoms with E-state index in [1.54, 1.807) is 16.4 Å². The van der Waals surface area contributed by atoms with Gasteiger partial charge in [-0.05, 0) is 73.1 Å². The van der Waals surface area contributed by atoms with Crippen molar-refractivity contribution in [1.29, 1.82) is 0 Å². The first-order valence-corrected chi connectivity index (χ1v) is 14.2. The molecule has 1 aliphatic heterocycles. The lowest BCUT2D eigenvalue weighted by atomic mass is 9.88. The van der Waals surface area contributed by atoms with E-state index in [9.17, 15) is 13.2 Å². The third kappa shape index (κ3) is 5.38. The lowest BCUT2D eigenvalue weighted by Crippen LogP contribution is -2.25.